The van der Waals surface area contributed by atoms with Crippen LogP contribution in [0.25, 0.3) is 0 Å². The van der Waals surface area contributed by atoms with Gasteiger partial charge in [0.1, 0.15) is 5.82 Å². The van der Waals surface area contributed by atoms with Crippen LogP contribution in [0.15, 0.2) is 6.07 Å². The van der Waals surface area contributed by atoms with Crippen LogP contribution >= 0.6 is 12.6 Å². The minimum atomic E-state index is 0.157. The van der Waals surface area contributed by atoms with Crippen LogP contribution in [0.5, 0.6) is 0 Å². The van der Waals surface area contributed by atoms with Gasteiger partial charge >= 0.3 is 0 Å². The number of nitrogens with one attached hydrogen (secondary N) is 1. The number of hydrogen-bond acceptors (Lipinski definition) is 4. The van der Waals surface area contributed by atoms with Gasteiger partial charge in [0, 0.05) is 24.3 Å². The van der Waals surface area contributed by atoms with Crippen molar-refractivity contribution in [3.05, 3.63) is 11.8 Å². The van der Waals surface area contributed by atoms with E-state index in [2.05, 4.69) is 22.8 Å². The predicted octanol–water partition coefficient (Wildman–Crippen LogP) is 0.388. The molecule has 4 N–H and O–H groups in total. The van der Waals surface area contributed by atoms with Gasteiger partial charge < -0.3 is 10.8 Å². The van der Waals surface area contributed by atoms with E-state index in [0.29, 0.717) is 18.0 Å². The second-order valence-corrected chi connectivity index (χ2v) is 3.01. The van der Waals surface area contributed by atoms with Crippen LogP contribution in [-0.2, 0) is 0 Å². The molecule has 1 aromatic rings. The van der Waals surface area contributed by atoms with E-state index in [1.807, 2.05) is 0 Å². The van der Waals surface area contributed by atoms with Crippen molar-refractivity contribution in [2.45, 2.75) is 12.3 Å². The molecule has 0 saturated carbocycles. The fraction of sp³-hybridized carbons (Fsp3) is 0.571. The Balaban J connectivity index is 2.66. The van der Waals surface area contributed by atoms with Gasteiger partial charge in [-0.3, -0.25) is 5.10 Å². The second kappa shape index (κ2) is 4.37. The van der Waals surface area contributed by atoms with Gasteiger partial charge in [-0.2, -0.15) is 17.7 Å². The van der Waals surface area contributed by atoms with Crippen molar-refractivity contribution in [3.8, 4) is 0 Å². The quantitative estimate of drug-likeness (QED) is 0.515. The number of nitrogen functional groups attached to an aromatic ring is 1. The van der Waals surface area contributed by atoms with Gasteiger partial charge in [0.15, 0.2) is 0 Å². The summed E-state index contributed by atoms with van der Waals surface area (Å²) in [4.78, 5) is 0. The Morgan fingerprint density at radius 3 is 2.92 bits per heavy atom. The summed E-state index contributed by atoms with van der Waals surface area (Å²) in [5.74, 6) is 1.38. The standard InChI is InChI=1S/C7H13N3OS/c8-7-3-6(9-10-7)5(4-12)1-2-11/h3,5,11-12H,1-2,4H2,(H3,8,9,10). The summed E-state index contributed by atoms with van der Waals surface area (Å²) >= 11 is 4.17. The van der Waals surface area contributed by atoms with Gasteiger partial charge in [0.2, 0.25) is 0 Å². The minimum Gasteiger partial charge on any atom is -0.396 e. The SMILES string of the molecule is Nc1cc(C(CS)CCO)[nH]n1. The van der Waals surface area contributed by atoms with Crippen molar-refractivity contribution in [2.75, 3.05) is 18.1 Å². The number of nitrogens with two attached hydrogens (primary N) is 1. The van der Waals surface area contributed by atoms with Gasteiger partial charge in [-0.25, -0.2) is 0 Å². The lowest BCUT2D eigenvalue weighted by Crippen LogP contribution is -2.03. The van der Waals surface area contributed by atoms with Crippen LogP contribution < -0.4 is 5.73 Å². The molecule has 0 aliphatic rings. The van der Waals surface area contributed by atoms with Crippen LogP contribution in [0.3, 0.4) is 0 Å². The molecule has 4 nitrogen and oxygen atoms in total. The molecule has 5 heteroatoms. The number of H-pyrrole nitrogens is 1. The van der Waals surface area contributed by atoms with Crippen molar-refractivity contribution < 1.29 is 5.11 Å². The molecule has 68 valence electrons. The van der Waals surface area contributed by atoms with E-state index >= 15 is 0 Å². The largest absolute Gasteiger partial charge is 0.396 e. The molecule has 12 heavy (non-hydrogen) atoms. The highest BCUT2D eigenvalue weighted by Gasteiger charge is 2.11. The molecule has 0 amide bonds. The summed E-state index contributed by atoms with van der Waals surface area (Å²) in [6.45, 7) is 0.157. The molecule has 1 unspecified atom stereocenters. The summed E-state index contributed by atoms with van der Waals surface area (Å²) < 4.78 is 0. The van der Waals surface area contributed by atoms with Crippen molar-refractivity contribution in [1.29, 1.82) is 0 Å². The van der Waals surface area contributed by atoms with Gasteiger partial charge in [0.05, 0.1) is 0 Å². The average Bonchev–Trinajstić information content (AvgIpc) is 2.47. The Hall–Kier alpha value is -0.680. The molecule has 1 rings (SSSR count). The normalized spacial score (nSPS) is 13.2. The fourth-order valence-electron chi connectivity index (χ4n) is 1.06. The second-order valence-electron chi connectivity index (χ2n) is 2.64. The van der Waals surface area contributed by atoms with Crippen LogP contribution in [0.2, 0.25) is 0 Å². The molecule has 0 fully saturated rings. The molecule has 0 saturated heterocycles. The Kier molecular flexibility index (Phi) is 3.43. The fourth-order valence-corrected chi connectivity index (χ4v) is 1.44. The van der Waals surface area contributed by atoms with Crippen molar-refractivity contribution in [1.82, 2.24) is 10.2 Å². The number of rotatable bonds is 4. The van der Waals surface area contributed by atoms with E-state index < -0.39 is 0 Å². The van der Waals surface area contributed by atoms with Crippen molar-refractivity contribution in [3.63, 3.8) is 0 Å². The number of anilines is 1. The highest BCUT2D eigenvalue weighted by Crippen LogP contribution is 2.19. The number of aromatic amines is 1. The van der Waals surface area contributed by atoms with Crippen molar-refractivity contribution >= 4 is 18.4 Å². The van der Waals surface area contributed by atoms with E-state index in [1.54, 1.807) is 6.07 Å². The van der Waals surface area contributed by atoms with E-state index in [1.165, 1.54) is 0 Å². The van der Waals surface area contributed by atoms with Crippen LogP contribution in [0, 0.1) is 0 Å². The third-order valence-corrected chi connectivity index (χ3v) is 2.20. The Morgan fingerprint density at radius 2 is 2.50 bits per heavy atom. The average molecular weight is 187 g/mol. The molecule has 1 atom stereocenters. The van der Waals surface area contributed by atoms with Crippen LogP contribution in [-0.4, -0.2) is 27.7 Å². The van der Waals surface area contributed by atoms with Gasteiger partial charge in [-0.05, 0) is 12.2 Å². The lowest BCUT2D eigenvalue weighted by Gasteiger charge is -2.08. The molecule has 0 aliphatic heterocycles. The molecular weight excluding hydrogens is 174 g/mol. The monoisotopic (exact) mass is 187 g/mol. The smallest absolute Gasteiger partial charge is 0.145 e. The number of nitrogens with zero attached hydrogens (tertiary/aromatic N) is 1. The molecule has 0 aromatic carbocycles. The van der Waals surface area contributed by atoms with Gasteiger partial charge in [-0.1, -0.05) is 0 Å². The maximum absolute atomic E-state index is 8.74. The number of hydrogen-bond donors (Lipinski definition) is 4. The molecule has 0 aliphatic carbocycles. The number of aliphatic hydroxyl groups is 1. The van der Waals surface area contributed by atoms with Gasteiger partial charge in [-0.15, -0.1) is 0 Å². The minimum absolute atomic E-state index is 0.157. The third kappa shape index (κ3) is 2.15. The summed E-state index contributed by atoms with van der Waals surface area (Å²) in [5.41, 5.74) is 6.38. The highest BCUT2D eigenvalue weighted by molar-refractivity contribution is 7.80. The molecule has 1 heterocycles. The topological polar surface area (TPSA) is 74.9 Å². The zero-order chi connectivity index (χ0) is 8.97. The first-order chi connectivity index (χ1) is 5.77. The first kappa shape index (κ1) is 9.41. The summed E-state index contributed by atoms with van der Waals surface area (Å²) in [6, 6.07) is 1.77. The van der Waals surface area contributed by atoms with E-state index in [-0.39, 0.29) is 12.5 Å². The maximum Gasteiger partial charge on any atom is 0.145 e. The van der Waals surface area contributed by atoms with E-state index in [9.17, 15) is 0 Å². The lowest BCUT2D eigenvalue weighted by atomic mass is 10.0. The first-order valence-corrected chi connectivity index (χ1v) is 4.43. The van der Waals surface area contributed by atoms with Crippen LogP contribution in [0.4, 0.5) is 5.82 Å². The number of aliphatic hydroxyl groups excluding tert-OH is 1. The molecule has 0 radical (unpaired) electrons. The summed E-state index contributed by atoms with van der Waals surface area (Å²) in [7, 11) is 0. The predicted molar refractivity (Wildman–Crippen MR) is 51.3 cm³/mol. The third-order valence-electron chi connectivity index (χ3n) is 1.76. The first-order valence-electron chi connectivity index (χ1n) is 3.80. The van der Waals surface area contributed by atoms with Gasteiger partial charge in [0.25, 0.3) is 0 Å². The Bertz CT molecular complexity index is 238. The summed E-state index contributed by atoms with van der Waals surface area (Å²) in [5, 5.41) is 15.3. The Labute approximate surface area is 76.6 Å². The maximum atomic E-state index is 8.74. The molecule has 0 bridgehead atoms. The highest BCUT2D eigenvalue weighted by atomic mass is 32.1. The number of thiol groups is 1. The summed E-state index contributed by atoms with van der Waals surface area (Å²) in [6.07, 6.45) is 0.686. The van der Waals surface area contributed by atoms with E-state index in [0.717, 1.165) is 5.69 Å². The van der Waals surface area contributed by atoms with Crippen LogP contribution in [0.1, 0.15) is 18.0 Å². The molecule has 0 spiro atoms. The zero-order valence-corrected chi connectivity index (χ0v) is 7.59. The molecule has 1 aromatic heterocycles. The number of aromatic nitrogens is 2. The Morgan fingerprint density at radius 1 is 1.75 bits per heavy atom. The zero-order valence-electron chi connectivity index (χ0n) is 6.70. The van der Waals surface area contributed by atoms with Crippen molar-refractivity contribution in [2.24, 2.45) is 0 Å². The lowest BCUT2D eigenvalue weighted by molar-refractivity contribution is 0.278. The molecular formula is C7H13N3OS. The van der Waals surface area contributed by atoms with E-state index in [4.69, 9.17) is 10.8 Å².